The summed E-state index contributed by atoms with van der Waals surface area (Å²) in [6.45, 7) is 6.98. The predicted octanol–water partition coefficient (Wildman–Crippen LogP) is 11.0. The maximum absolute atomic E-state index is 16.1. The molecule has 19 heteroatoms. The summed E-state index contributed by atoms with van der Waals surface area (Å²) >= 11 is 0. The quantitative estimate of drug-likeness (QED) is 0.0925. The van der Waals surface area contributed by atoms with Gasteiger partial charge in [-0.25, -0.2) is 31.9 Å². The lowest BCUT2D eigenvalue weighted by Crippen LogP contribution is -2.51. The highest BCUT2D eigenvalue weighted by Gasteiger charge is 2.38. The van der Waals surface area contributed by atoms with Crippen LogP contribution in [-0.4, -0.2) is 155 Å². The lowest BCUT2D eigenvalue weighted by Gasteiger charge is -2.35. The number of pyridine rings is 4. The summed E-state index contributed by atoms with van der Waals surface area (Å²) in [4.78, 5) is 26.9. The van der Waals surface area contributed by atoms with E-state index in [4.69, 9.17) is 22.3 Å². The number of fused-ring (bicyclic) bond motifs is 10. The van der Waals surface area contributed by atoms with E-state index in [9.17, 15) is 23.4 Å². The van der Waals surface area contributed by atoms with Crippen molar-refractivity contribution in [2.75, 3.05) is 76.4 Å². The lowest BCUT2D eigenvalue weighted by atomic mass is 9.95. The van der Waals surface area contributed by atoms with E-state index >= 15 is 8.78 Å². The average molecular weight is 1190 g/mol. The Kier molecular flexibility index (Phi) is 16.2. The molecule has 8 saturated heterocycles. The molecular formula is C68H69F5N10O4. The Balaban J connectivity index is 0.000000125. The number of alkyl halides is 2. The van der Waals surface area contributed by atoms with Crippen LogP contribution in [0, 0.1) is 42.1 Å². The highest BCUT2D eigenvalue weighted by molar-refractivity contribution is 6.05. The van der Waals surface area contributed by atoms with Crippen LogP contribution in [0.3, 0.4) is 0 Å². The van der Waals surface area contributed by atoms with Crippen LogP contribution in [0.25, 0.3) is 65.9 Å². The number of phenols is 2. The largest absolute Gasteiger partial charge is 0.508 e. The molecule has 8 aromatic rings. The van der Waals surface area contributed by atoms with E-state index in [-0.39, 0.29) is 50.9 Å². The number of hydrogen-bond donors (Lipinski definition) is 4. The summed E-state index contributed by atoms with van der Waals surface area (Å²) in [5.74, 6) is 3.66. The Morgan fingerprint density at radius 2 is 1.05 bits per heavy atom. The third-order valence-electron chi connectivity index (χ3n) is 18.8. The molecule has 0 amide bonds. The number of hydrogen-bond acceptors (Lipinski definition) is 14. The van der Waals surface area contributed by atoms with Crippen molar-refractivity contribution in [3.8, 4) is 70.5 Å². The Morgan fingerprint density at radius 3 is 1.49 bits per heavy atom. The van der Waals surface area contributed by atoms with Crippen LogP contribution in [-0.2, 0) is 0 Å². The molecule has 0 radical (unpaired) electrons. The number of methoxy groups -OCH3 is 2. The van der Waals surface area contributed by atoms with Crippen molar-refractivity contribution in [1.82, 2.24) is 40.4 Å². The third kappa shape index (κ3) is 11.4. The Morgan fingerprint density at radius 1 is 0.575 bits per heavy atom. The summed E-state index contributed by atoms with van der Waals surface area (Å²) in [6, 6.07) is 20.6. The Hall–Kier alpha value is -8.07. The van der Waals surface area contributed by atoms with E-state index in [1.54, 1.807) is 24.5 Å². The smallest absolute Gasteiger partial charge is 0.215 e. The minimum absolute atomic E-state index is 0.00792. The number of nitrogens with one attached hydrogen (secondary N) is 2. The van der Waals surface area contributed by atoms with Gasteiger partial charge >= 0.3 is 0 Å². The Bertz CT molecular complexity index is 3970. The molecule has 8 aliphatic heterocycles. The van der Waals surface area contributed by atoms with Gasteiger partial charge < -0.3 is 40.1 Å². The van der Waals surface area contributed by atoms with Crippen molar-refractivity contribution in [2.24, 2.45) is 0 Å². The first-order chi connectivity index (χ1) is 42.2. The minimum Gasteiger partial charge on any atom is -0.508 e. The van der Waals surface area contributed by atoms with E-state index in [0.717, 1.165) is 89.2 Å². The zero-order valence-corrected chi connectivity index (χ0v) is 48.7. The van der Waals surface area contributed by atoms with E-state index in [1.165, 1.54) is 70.2 Å². The summed E-state index contributed by atoms with van der Waals surface area (Å²) in [5, 5.41) is 31.2. The number of benzene rings is 4. The number of halogens is 5. The number of aromatic hydroxyl groups is 2. The molecule has 4 bridgehead atoms. The molecular weight excluding hydrogens is 1120 g/mol. The first kappa shape index (κ1) is 58.0. The summed E-state index contributed by atoms with van der Waals surface area (Å²) in [6.07, 6.45) is 24.7. The zero-order valence-electron chi connectivity index (χ0n) is 48.7. The van der Waals surface area contributed by atoms with Gasteiger partial charge in [0.2, 0.25) is 11.8 Å². The molecule has 16 rings (SSSR count). The fraction of sp³-hybridized carbons (Fsp3) is 0.412. The molecule has 4 aromatic carbocycles. The third-order valence-corrected chi connectivity index (χ3v) is 18.8. The van der Waals surface area contributed by atoms with E-state index in [2.05, 4.69) is 62.0 Å². The molecule has 0 aliphatic carbocycles. The molecule has 0 spiro atoms. The Labute approximate surface area is 502 Å². The SMILES string of the molecule is C#Cc1c(F)ccc2cc(O)cc(-c3ncc4c(N5CC6CCC(C5)N6)cc(OC)nc4c3F)c12.C#Cc1cccc2cc(O)cc(-c3ncc4c(N5CC6CCC(C5)N6)cc(OC)nc4c3F)c12.FC1CC2CCCN2C1.FC1CC2CCCN2C1. The molecule has 4 aromatic heterocycles. The molecule has 8 unspecified atom stereocenters. The number of anilines is 2. The number of ether oxygens (including phenoxy) is 2. The van der Waals surface area contributed by atoms with Crippen molar-refractivity contribution in [3.05, 3.63) is 108 Å². The number of phenolic OH excluding ortho intramolecular Hbond substituents is 2. The molecule has 450 valence electrons. The van der Waals surface area contributed by atoms with Crippen molar-refractivity contribution in [1.29, 1.82) is 0 Å². The lowest BCUT2D eigenvalue weighted by molar-refractivity contribution is 0.292. The summed E-state index contributed by atoms with van der Waals surface area (Å²) in [7, 11) is 3.02. The number of aromatic nitrogens is 4. The second kappa shape index (κ2) is 24.2. The minimum atomic E-state index is -0.695. The number of nitrogens with zero attached hydrogens (tertiary/aromatic N) is 8. The van der Waals surface area contributed by atoms with Crippen molar-refractivity contribution in [3.63, 3.8) is 0 Å². The number of piperazine rings is 2. The summed E-state index contributed by atoms with van der Waals surface area (Å²) in [5.41, 5.74) is 3.15. The van der Waals surface area contributed by atoms with Crippen LogP contribution in [0.5, 0.6) is 23.3 Å². The van der Waals surface area contributed by atoms with Gasteiger partial charge in [0.15, 0.2) is 11.6 Å². The van der Waals surface area contributed by atoms with Gasteiger partial charge in [0.05, 0.1) is 31.2 Å². The first-order valence-electron chi connectivity index (χ1n) is 30.2. The zero-order chi connectivity index (χ0) is 60.2. The summed E-state index contributed by atoms with van der Waals surface area (Å²) < 4.78 is 82.9. The van der Waals surface area contributed by atoms with Gasteiger partial charge in [0.1, 0.15) is 52.1 Å². The molecule has 8 atom stereocenters. The van der Waals surface area contributed by atoms with Crippen LogP contribution in [0.15, 0.2) is 79.1 Å². The van der Waals surface area contributed by atoms with Gasteiger partial charge in [0.25, 0.3) is 0 Å². The fourth-order valence-corrected chi connectivity index (χ4v) is 14.8. The molecule has 14 nitrogen and oxygen atoms in total. The van der Waals surface area contributed by atoms with Crippen LogP contribution in [0.2, 0.25) is 0 Å². The van der Waals surface area contributed by atoms with Gasteiger partial charge in [-0.3, -0.25) is 19.8 Å². The molecule has 8 aliphatic rings. The predicted molar refractivity (Wildman–Crippen MR) is 330 cm³/mol. The molecule has 87 heavy (non-hydrogen) atoms. The van der Waals surface area contributed by atoms with Gasteiger partial charge in [-0.1, -0.05) is 30.0 Å². The second-order valence-corrected chi connectivity index (χ2v) is 24.3. The first-order valence-corrected chi connectivity index (χ1v) is 30.2. The number of terminal acetylenes is 2. The monoisotopic (exact) mass is 1180 g/mol. The van der Waals surface area contributed by atoms with E-state index in [0.29, 0.717) is 98.7 Å². The topological polar surface area (TPSA) is 148 Å². The van der Waals surface area contributed by atoms with Gasteiger partial charge in [-0.2, -0.15) is 0 Å². The van der Waals surface area contributed by atoms with E-state index in [1.807, 2.05) is 24.3 Å². The van der Waals surface area contributed by atoms with Crippen molar-refractivity contribution < 1.29 is 41.6 Å². The maximum atomic E-state index is 16.1. The normalized spacial score (nSPS) is 24.4. The van der Waals surface area contributed by atoms with E-state index < -0.39 is 29.8 Å². The second-order valence-electron chi connectivity index (χ2n) is 24.3. The highest BCUT2D eigenvalue weighted by Crippen LogP contribution is 2.43. The van der Waals surface area contributed by atoms with Gasteiger partial charge in [0, 0.05) is 138 Å². The van der Waals surface area contributed by atoms with Crippen LogP contribution in [0.4, 0.5) is 33.3 Å². The van der Waals surface area contributed by atoms with Crippen LogP contribution in [0.1, 0.15) is 75.3 Å². The molecule has 4 N–H and O–H groups in total. The average Bonchev–Trinajstić information content (AvgIpc) is 1.63. The number of rotatable bonds is 6. The molecule has 0 saturated carbocycles. The molecule has 12 heterocycles. The van der Waals surface area contributed by atoms with Crippen molar-refractivity contribution >= 4 is 54.7 Å². The van der Waals surface area contributed by atoms with Gasteiger partial charge in [-0.15, -0.1) is 12.8 Å². The van der Waals surface area contributed by atoms with Crippen molar-refractivity contribution in [2.45, 2.75) is 113 Å². The maximum Gasteiger partial charge on any atom is 0.215 e. The fourth-order valence-electron chi connectivity index (χ4n) is 14.8. The molecule has 8 fully saturated rings. The van der Waals surface area contributed by atoms with Crippen LogP contribution < -0.4 is 29.9 Å². The van der Waals surface area contributed by atoms with Crippen LogP contribution >= 0.6 is 0 Å². The standard InChI is InChI=1S/C27H22F2N4O2.C27H23FN4O2.2C7H12FN/c1-3-18-21(28)7-4-14-8-17(34)9-19(24(14)18)26-25(29)27-20(11-30-26)22(10-23(32-27)35-2)33-12-15-5-6-16(13-33)31-15;1-3-15-5-4-6-16-9-19(33)10-20(24(15)16)26-25(28)27-21(12-29-26)22(11-23(31-27)34-2)32-13-17-7-8-18(14-32)30-17;2*8-6-4-7-2-1-3-9(7)5-6/h1,4,7-11,15-16,31,34H,5-6,12-13H2,2H3;1,4-6,9-12,17-18,30,33H,7-8,13-14H2,2H3;2*6-7H,1-5H2. The van der Waals surface area contributed by atoms with Gasteiger partial charge in [-0.05, 0) is 124 Å². The highest BCUT2D eigenvalue weighted by atomic mass is 19.1.